The van der Waals surface area contributed by atoms with E-state index >= 15 is 0 Å². The Morgan fingerprint density at radius 1 is 1.30 bits per heavy atom. The molecule has 0 spiro atoms. The van der Waals surface area contributed by atoms with E-state index in [1.807, 2.05) is 30.7 Å². The maximum atomic E-state index is 12.6. The summed E-state index contributed by atoms with van der Waals surface area (Å²) in [6, 6.07) is 8.99. The van der Waals surface area contributed by atoms with E-state index in [2.05, 4.69) is 9.97 Å². The number of thiophene rings is 1. The number of nitrogens with one attached hydrogen (secondary N) is 1. The van der Waals surface area contributed by atoms with Gasteiger partial charge in [0.25, 0.3) is 11.5 Å². The summed E-state index contributed by atoms with van der Waals surface area (Å²) in [5, 5.41) is 4.26. The molecule has 0 radical (unpaired) electrons. The Hall–Kier alpha value is -2.47. The van der Waals surface area contributed by atoms with Gasteiger partial charge in [0.15, 0.2) is 0 Å². The van der Waals surface area contributed by atoms with Crippen molar-refractivity contribution in [3.63, 3.8) is 0 Å². The fourth-order valence-corrected chi connectivity index (χ4v) is 3.04. The molecule has 1 aromatic carbocycles. The van der Waals surface area contributed by atoms with Crippen LogP contribution in [0.3, 0.4) is 0 Å². The number of benzene rings is 1. The molecule has 1 amide bonds. The lowest BCUT2D eigenvalue weighted by atomic mass is 10.2. The number of para-hydroxylation sites is 1. The van der Waals surface area contributed by atoms with Crippen LogP contribution in [0.4, 0.5) is 0 Å². The van der Waals surface area contributed by atoms with Crippen molar-refractivity contribution in [1.29, 1.82) is 0 Å². The van der Waals surface area contributed by atoms with Crippen LogP contribution < -0.4 is 5.56 Å². The van der Waals surface area contributed by atoms with Crippen molar-refractivity contribution in [1.82, 2.24) is 14.9 Å². The zero-order valence-corrected chi connectivity index (χ0v) is 13.8. The molecule has 6 heteroatoms. The number of H-pyrrole nitrogens is 1. The number of fused-ring (bicyclic) bond motifs is 1. The minimum absolute atomic E-state index is 0.000766. The van der Waals surface area contributed by atoms with E-state index in [0.717, 1.165) is 0 Å². The van der Waals surface area contributed by atoms with Gasteiger partial charge in [-0.15, -0.1) is 0 Å². The Bertz CT molecular complexity index is 884. The fourth-order valence-electron chi connectivity index (χ4n) is 2.41. The van der Waals surface area contributed by atoms with Crippen LogP contribution in [0.1, 0.15) is 30.0 Å². The van der Waals surface area contributed by atoms with E-state index < -0.39 is 0 Å². The zero-order chi connectivity index (χ0) is 16.4. The van der Waals surface area contributed by atoms with Crippen LogP contribution in [-0.2, 0) is 6.54 Å². The predicted molar refractivity (Wildman–Crippen MR) is 91.7 cm³/mol. The number of carbonyl (C=O) groups is 1. The molecule has 3 rings (SSSR count). The molecule has 0 bridgehead atoms. The van der Waals surface area contributed by atoms with Crippen LogP contribution in [0.15, 0.2) is 45.9 Å². The van der Waals surface area contributed by atoms with Gasteiger partial charge in [0, 0.05) is 11.4 Å². The summed E-state index contributed by atoms with van der Waals surface area (Å²) in [7, 11) is 0. The normalized spacial score (nSPS) is 11.1. The van der Waals surface area contributed by atoms with Crippen LogP contribution in [0, 0.1) is 0 Å². The van der Waals surface area contributed by atoms with Crippen molar-refractivity contribution >= 4 is 28.1 Å². The van der Waals surface area contributed by atoms with Crippen LogP contribution in [0.2, 0.25) is 0 Å². The SMILES string of the molecule is CC(C)N(Cc1nc2ccccc2c(=O)[nH]1)C(=O)c1ccsc1. The number of aromatic nitrogens is 2. The van der Waals surface area contributed by atoms with Crippen LogP contribution in [0.5, 0.6) is 0 Å². The third-order valence-corrected chi connectivity index (χ3v) is 4.32. The highest BCUT2D eigenvalue weighted by molar-refractivity contribution is 7.08. The maximum Gasteiger partial charge on any atom is 0.258 e. The molecule has 0 atom stereocenters. The van der Waals surface area contributed by atoms with Crippen molar-refractivity contribution in [2.45, 2.75) is 26.4 Å². The summed E-state index contributed by atoms with van der Waals surface area (Å²) in [5.74, 6) is 0.433. The highest BCUT2D eigenvalue weighted by atomic mass is 32.1. The minimum Gasteiger partial charge on any atom is -0.329 e. The first-order chi connectivity index (χ1) is 11.1. The van der Waals surface area contributed by atoms with Gasteiger partial charge in [0.2, 0.25) is 0 Å². The highest BCUT2D eigenvalue weighted by Crippen LogP contribution is 2.15. The molecule has 118 valence electrons. The molecule has 3 aromatic rings. The summed E-state index contributed by atoms with van der Waals surface area (Å²) < 4.78 is 0. The van der Waals surface area contributed by atoms with Crippen molar-refractivity contribution < 1.29 is 4.79 Å². The van der Waals surface area contributed by atoms with Crippen LogP contribution >= 0.6 is 11.3 Å². The second-order valence-corrected chi connectivity index (χ2v) is 6.35. The van der Waals surface area contributed by atoms with E-state index in [9.17, 15) is 9.59 Å². The van der Waals surface area contributed by atoms with Gasteiger partial charge in [-0.1, -0.05) is 12.1 Å². The van der Waals surface area contributed by atoms with Gasteiger partial charge >= 0.3 is 0 Å². The van der Waals surface area contributed by atoms with E-state index in [0.29, 0.717) is 22.3 Å². The van der Waals surface area contributed by atoms with Gasteiger partial charge in [-0.3, -0.25) is 9.59 Å². The number of rotatable bonds is 4. The van der Waals surface area contributed by atoms with Crippen molar-refractivity contribution in [2.24, 2.45) is 0 Å². The molecule has 0 aliphatic rings. The van der Waals surface area contributed by atoms with Crippen molar-refractivity contribution in [3.8, 4) is 0 Å². The Balaban J connectivity index is 1.95. The molecule has 2 heterocycles. The number of hydrogen-bond acceptors (Lipinski definition) is 4. The smallest absolute Gasteiger partial charge is 0.258 e. The van der Waals surface area contributed by atoms with E-state index in [-0.39, 0.29) is 24.1 Å². The van der Waals surface area contributed by atoms with Gasteiger partial charge in [-0.05, 0) is 37.4 Å². The quantitative estimate of drug-likeness (QED) is 0.801. The lowest BCUT2D eigenvalue weighted by Gasteiger charge is -2.26. The molecule has 0 saturated carbocycles. The largest absolute Gasteiger partial charge is 0.329 e. The lowest BCUT2D eigenvalue weighted by Crippen LogP contribution is -2.37. The van der Waals surface area contributed by atoms with Gasteiger partial charge in [-0.25, -0.2) is 4.98 Å². The summed E-state index contributed by atoms with van der Waals surface area (Å²) in [6.07, 6.45) is 0. The molecular weight excluding hydrogens is 310 g/mol. The molecule has 5 nitrogen and oxygen atoms in total. The van der Waals surface area contributed by atoms with E-state index in [1.54, 1.807) is 29.2 Å². The molecule has 0 fully saturated rings. The summed E-state index contributed by atoms with van der Waals surface area (Å²) in [5.41, 5.74) is 1.11. The number of hydrogen-bond donors (Lipinski definition) is 1. The van der Waals surface area contributed by atoms with Gasteiger partial charge < -0.3 is 9.88 Å². The predicted octanol–water partition coefficient (Wildman–Crippen LogP) is 3.04. The molecule has 1 N–H and O–H groups in total. The second-order valence-electron chi connectivity index (χ2n) is 5.57. The summed E-state index contributed by atoms with van der Waals surface area (Å²) >= 11 is 1.49. The maximum absolute atomic E-state index is 12.6. The number of carbonyl (C=O) groups excluding carboxylic acids is 1. The molecule has 0 saturated heterocycles. The second kappa shape index (κ2) is 6.34. The van der Waals surface area contributed by atoms with Crippen LogP contribution in [0.25, 0.3) is 10.9 Å². The van der Waals surface area contributed by atoms with E-state index in [4.69, 9.17) is 0 Å². The Morgan fingerprint density at radius 2 is 2.09 bits per heavy atom. The third kappa shape index (κ3) is 3.17. The minimum atomic E-state index is -0.183. The number of nitrogens with zero attached hydrogens (tertiary/aromatic N) is 2. The summed E-state index contributed by atoms with van der Waals surface area (Å²) in [4.78, 5) is 33.7. The molecule has 2 aromatic heterocycles. The van der Waals surface area contributed by atoms with E-state index in [1.165, 1.54) is 11.3 Å². The average Bonchev–Trinajstić information content (AvgIpc) is 3.06. The monoisotopic (exact) mass is 327 g/mol. The summed E-state index contributed by atoms with van der Waals surface area (Å²) in [6.45, 7) is 4.17. The molecular formula is C17H17N3O2S. The van der Waals surface area contributed by atoms with Crippen molar-refractivity contribution in [3.05, 3.63) is 62.8 Å². The first-order valence-corrected chi connectivity index (χ1v) is 8.31. The van der Waals surface area contributed by atoms with Gasteiger partial charge in [0.05, 0.1) is 23.0 Å². The topological polar surface area (TPSA) is 66.1 Å². The first-order valence-electron chi connectivity index (χ1n) is 7.37. The Labute approximate surface area is 137 Å². The Morgan fingerprint density at radius 3 is 2.78 bits per heavy atom. The highest BCUT2D eigenvalue weighted by Gasteiger charge is 2.20. The first kappa shape index (κ1) is 15.4. The molecule has 0 aliphatic heterocycles. The van der Waals surface area contributed by atoms with Crippen molar-refractivity contribution in [2.75, 3.05) is 0 Å². The number of amides is 1. The van der Waals surface area contributed by atoms with Gasteiger partial charge in [0.1, 0.15) is 5.82 Å². The average molecular weight is 327 g/mol. The molecule has 23 heavy (non-hydrogen) atoms. The third-order valence-electron chi connectivity index (χ3n) is 3.63. The van der Waals surface area contributed by atoms with Gasteiger partial charge in [-0.2, -0.15) is 11.3 Å². The Kier molecular flexibility index (Phi) is 4.25. The van der Waals surface area contributed by atoms with Crippen LogP contribution in [-0.4, -0.2) is 26.8 Å². The molecule has 0 unspecified atom stereocenters. The lowest BCUT2D eigenvalue weighted by molar-refractivity contribution is 0.0685. The standard InChI is InChI=1S/C17H17N3O2S/c1-11(2)20(17(22)12-7-8-23-10-12)9-15-18-14-6-4-3-5-13(14)16(21)19-15/h3-8,10-11H,9H2,1-2H3,(H,18,19,21). The fraction of sp³-hybridized carbons (Fsp3) is 0.235. The zero-order valence-electron chi connectivity index (χ0n) is 12.9. The number of aromatic amines is 1. The molecule has 0 aliphatic carbocycles.